The number of benzene rings is 1. The van der Waals surface area contributed by atoms with Gasteiger partial charge in [-0.25, -0.2) is 13.9 Å². The van der Waals surface area contributed by atoms with Gasteiger partial charge in [-0.2, -0.15) is 18.2 Å². The lowest BCUT2D eigenvalue weighted by molar-refractivity contribution is -0.144. The number of carbonyl (C=O) groups excluding carboxylic acids is 2. The smallest absolute Gasteiger partial charge is 0.273 e. The molecule has 3 rings (SSSR count). The number of amides is 2. The van der Waals surface area contributed by atoms with Crippen molar-refractivity contribution in [3.8, 4) is 0 Å². The van der Waals surface area contributed by atoms with Gasteiger partial charge in [-0.1, -0.05) is 12.1 Å². The molecule has 0 saturated carbocycles. The van der Waals surface area contributed by atoms with E-state index in [1.54, 1.807) is 13.8 Å². The molecule has 0 aliphatic heterocycles. The third-order valence-electron chi connectivity index (χ3n) is 4.34. The fourth-order valence-corrected chi connectivity index (χ4v) is 2.83. The standard InChI is InChI=1S/C18H16F4N6O2/c1-9-11(10(2)28-17(23-9)24-16(27-28)18(20,21)22)7-8-14(29)25-26-15(30)12-5-3-4-6-13(12)19/h3-6H,7-8H2,1-2H3,(H,25,29)(H,26,30). The van der Waals surface area contributed by atoms with Crippen molar-refractivity contribution in [1.29, 1.82) is 0 Å². The number of aromatic nitrogens is 4. The Balaban J connectivity index is 1.67. The number of hydrazine groups is 1. The molecule has 3 aromatic rings. The van der Waals surface area contributed by atoms with Crippen LogP contribution in [0.25, 0.3) is 5.78 Å². The zero-order valence-electron chi connectivity index (χ0n) is 15.8. The second kappa shape index (κ2) is 8.05. The molecule has 8 nitrogen and oxygen atoms in total. The van der Waals surface area contributed by atoms with Crippen LogP contribution in [0.1, 0.15) is 39.6 Å². The van der Waals surface area contributed by atoms with Gasteiger partial charge in [0.1, 0.15) is 5.82 Å². The molecule has 0 bridgehead atoms. The molecule has 30 heavy (non-hydrogen) atoms. The number of rotatable bonds is 4. The number of aryl methyl sites for hydroxylation is 2. The Hall–Kier alpha value is -3.57. The van der Waals surface area contributed by atoms with Crippen LogP contribution in [0.4, 0.5) is 17.6 Å². The lowest BCUT2D eigenvalue weighted by atomic mass is 10.1. The predicted molar refractivity (Wildman–Crippen MR) is 95.6 cm³/mol. The highest BCUT2D eigenvalue weighted by molar-refractivity contribution is 5.95. The third-order valence-corrected chi connectivity index (χ3v) is 4.34. The molecular formula is C18H16F4N6O2. The largest absolute Gasteiger partial charge is 0.453 e. The molecule has 2 N–H and O–H groups in total. The van der Waals surface area contributed by atoms with Crippen LogP contribution in [0, 0.1) is 19.7 Å². The summed E-state index contributed by atoms with van der Waals surface area (Å²) < 4.78 is 53.0. The van der Waals surface area contributed by atoms with Crippen molar-refractivity contribution in [2.45, 2.75) is 32.9 Å². The average molecular weight is 424 g/mol. The highest BCUT2D eigenvalue weighted by Gasteiger charge is 2.37. The quantitative estimate of drug-likeness (QED) is 0.494. The number of fused-ring (bicyclic) bond motifs is 1. The first-order chi connectivity index (χ1) is 14.1. The Morgan fingerprint density at radius 2 is 1.80 bits per heavy atom. The maximum atomic E-state index is 13.6. The van der Waals surface area contributed by atoms with Crippen LogP contribution in [-0.2, 0) is 17.4 Å². The van der Waals surface area contributed by atoms with Crippen LogP contribution in [-0.4, -0.2) is 31.4 Å². The van der Waals surface area contributed by atoms with Crippen molar-refractivity contribution in [2.24, 2.45) is 0 Å². The molecule has 2 heterocycles. The maximum absolute atomic E-state index is 13.6. The van der Waals surface area contributed by atoms with E-state index < -0.39 is 29.6 Å². The van der Waals surface area contributed by atoms with Gasteiger partial charge in [-0.3, -0.25) is 20.4 Å². The molecule has 0 fully saturated rings. The minimum atomic E-state index is -4.70. The van der Waals surface area contributed by atoms with Crippen LogP contribution >= 0.6 is 0 Å². The van der Waals surface area contributed by atoms with Crippen LogP contribution in [0.3, 0.4) is 0 Å². The molecule has 0 saturated heterocycles. The van der Waals surface area contributed by atoms with Gasteiger partial charge in [0.15, 0.2) is 0 Å². The lowest BCUT2D eigenvalue weighted by Gasteiger charge is -2.11. The van der Waals surface area contributed by atoms with Gasteiger partial charge in [-0.05, 0) is 38.0 Å². The molecule has 158 valence electrons. The van der Waals surface area contributed by atoms with Crippen molar-refractivity contribution in [3.05, 3.63) is 58.4 Å². The first-order valence-corrected chi connectivity index (χ1v) is 8.71. The first-order valence-electron chi connectivity index (χ1n) is 8.71. The Morgan fingerprint density at radius 3 is 2.47 bits per heavy atom. The summed E-state index contributed by atoms with van der Waals surface area (Å²) in [5, 5.41) is 3.44. The van der Waals surface area contributed by atoms with Gasteiger partial charge in [0.05, 0.1) is 5.56 Å². The normalized spacial score (nSPS) is 11.5. The molecule has 1 aromatic carbocycles. The fraction of sp³-hybridized carbons (Fsp3) is 0.278. The molecule has 0 unspecified atom stereocenters. The molecule has 2 amide bonds. The van der Waals surface area contributed by atoms with Gasteiger partial charge >= 0.3 is 6.18 Å². The van der Waals surface area contributed by atoms with E-state index in [9.17, 15) is 27.2 Å². The summed E-state index contributed by atoms with van der Waals surface area (Å²) in [5.74, 6) is -3.63. The monoisotopic (exact) mass is 424 g/mol. The maximum Gasteiger partial charge on any atom is 0.453 e. The van der Waals surface area contributed by atoms with E-state index in [0.717, 1.165) is 10.6 Å². The zero-order chi connectivity index (χ0) is 22.1. The third kappa shape index (κ3) is 4.36. The number of alkyl halides is 3. The lowest BCUT2D eigenvalue weighted by Crippen LogP contribution is -2.42. The van der Waals surface area contributed by atoms with Crippen molar-refractivity contribution >= 4 is 17.6 Å². The van der Waals surface area contributed by atoms with Gasteiger partial charge in [-0.15, -0.1) is 5.10 Å². The van der Waals surface area contributed by atoms with Gasteiger partial charge in [0.25, 0.3) is 17.5 Å². The molecule has 0 atom stereocenters. The number of nitrogens with one attached hydrogen (secondary N) is 2. The van der Waals surface area contributed by atoms with E-state index in [2.05, 4.69) is 25.9 Å². The SMILES string of the molecule is Cc1nc2nc(C(F)(F)F)nn2c(C)c1CCC(=O)NNC(=O)c1ccccc1F. The second-order valence-electron chi connectivity index (χ2n) is 6.39. The summed E-state index contributed by atoms with van der Waals surface area (Å²) in [4.78, 5) is 31.3. The highest BCUT2D eigenvalue weighted by atomic mass is 19.4. The molecule has 2 aromatic heterocycles. The van der Waals surface area contributed by atoms with Crippen LogP contribution < -0.4 is 10.9 Å². The number of halogens is 4. The summed E-state index contributed by atoms with van der Waals surface area (Å²) in [5.41, 5.74) is 5.34. The topological polar surface area (TPSA) is 101 Å². The van der Waals surface area contributed by atoms with E-state index in [1.807, 2.05) is 0 Å². The average Bonchev–Trinajstić information content (AvgIpc) is 3.11. The number of carbonyl (C=O) groups is 2. The Labute approximate surface area is 167 Å². The first kappa shape index (κ1) is 21.1. The second-order valence-corrected chi connectivity index (χ2v) is 6.39. The molecule has 0 spiro atoms. The van der Waals surface area contributed by atoms with Crippen molar-refractivity contribution in [2.75, 3.05) is 0 Å². The molecule has 0 aliphatic rings. The molecule has 12 heteroatoms. The number of hydrogen-bond acceptors (Lipinski definition) is 5. The summed E-state index contributed by atoms with van der Waals surface area (Å²) in [6.45, 7) is 3.13. The van der Waals surface area contributed by atoms with Gasteiger partial charge in [0, 0.05) is 17.8 Å². The Bertz CT molecular complexity index is 1130. The minimum absolute atomic E-state index is 0.104. The van der Waals surface area contributed by atoms with Gasteiger partial charge < -0.3 is 0 Å². The summed E-state index contributed by atoms with van der Waals surface area (Å²) >= 11 is 0. The number of hydrogen-bond donors (Lipinski definition) is 2. The summed E-state index contributed by atoms with van der Waals surface area (Å²) in [7, 11) is 0. The molecule has 0 radical (unpaired) electrons. The molecular weight excluding hydrogens is 408 g/mol. The van der Waals surface area contributed by atoms with Crippen LogP contribution in [0.5, 0.6) is 0 Å². The Kier molecular flexibility index (Phi) is 5.67. The van der Waals surface area contributed by atoms with Crippen molar-refractivity contribution in [3.63, 3.8) is 0 Å². The summed E-state index contributed by atoms with van der Waals surface area (Å²) in [6.07, 6.45) is -4.68. The van der Waals surface area contributed by atoms with E-state index in [1.165, 1.54) is 18.2 Å². The van der Waals surface area contributed by atoms with Crippen molar-refractivity contribution < 1.29 is 27.2 Å². The highest BCUT2D eigenvalue weighted by Crippen LogP contribution is 2.27. The van der Waals surface area contributed by atoms with Crippen LogP contribution in [0.15, 0.2) is 24.3 Å². The van der Waals surface area contributed by atoms with E-state index >= 15 is 0 Å². The van der Waals surface area contributed by atoms with E-state index in [-0.39, 0.29) is 24.2 Å². The Morgan fingerprint density at radius 1 is 1.10 bits per heavy atom. The predicted octanol–water partition coefficient (Wildman–Crippen LogP) is 2.29. The van der Waals surface area contributed by atoms with Crippen LogP contribution in [0.2, 0.25) is 0 Å². The minimum Gasteiger partial charge on any atom is -0.273 e. The molecule has 0 aliphatic carbocycles. The van der Waals surface area contributed by atoms with Gasteiger partial charge in [0.2, 0.25) is 5.91 Å². The zero-order valence-corrected chi connectivity index (χ0v) is 15.8. The van der Waals surface area contributed by atoms with E-state index in [4.69, 9.17) is 0 Å². The number of nitrogens with zero attached hydrogens (tertiary/aromatic N) is 4. The summed E-state index contributed by atoms with van der Waals surface area (Å²) in [6, 6.07) is 5.27. The van der Waals surface area contributed by atoms with Crippen molar-refractivity contribution in [1.82, 2.24) is 30.4 Å². The fourth-order valence-electron chi connectivity index (χ4n) is 2.83. The van der Waals surface area contributed by atoms with E-state index in [0.29, 0.717) is 17.0 Å².